The van der Waals surface area contributed by atoms with Gasteiger partial charge in [0.05, 0.1) is 28.7 Å². The number of rotatable bonds is 6. The lowest BCUT2D eigenvalue weighted by Crippen LogP contribution is -2.29. The summed E-state index contributed by atoms with van der Waals surface area (Å²) >= 11 is 6.01. The first-order valence-electron chi connectivity index (χ1n) is 8.17. The molecule has 1 amide bonds. The molecule has 0 atom stereocenters. The Balaban J connectivity index is 1.56. The Hall–Kier alpha value is -2.93. The Bertz CT molecular complexity index is 924. The highest BCUT2D eigenvalue weighted by Gasteiger charge is 2.09. The van der Waals surface area contributed by atoms with Gasteiger partial charge >= 0.3 is 0 Å². The number of nitrogens with zero attached hydrogens (tertiary/aromatic N) is 4. The number of carbonyl (C=O) groups excluding carboxylic acids is 1. The van der Waals surface area contributed by atoms with Crippen molar-refractivity contribution in [2.24, 2.45) is 0 Å². The lowest BCUT2D eigenvalue weighted by Gasteiger charge is -2.09. The second kappa shape index (κ2) is 7.97. The lowest BCUT2D eigenvalue weighted by molar-refractivity contribution is 0.0955. The zero-order chi connectivity index (χ0) is 18.5. The lowest BCUT2D eigenvalue weighted by atomic mass is 10.2. The number of aromatic nitrogens is 4. The molecule has 0 unspecified atom stereocenters. The number of aryl methyl sites for hydroxylation is 2. The summed E-state index contributed by atoms with van der Waals surface area (Å²) in [6.07, 6.45) is 3.29. The van der Waals surface area contributed by atoms with Gasteiger partial charge in [-0.3, -0.25) is 9.78 Å². The molecule has 0 bridgehead atoms. The number of hydrogen-bond acceptors (Lipinski definition) is 5. The number of hydrogen-bond donors (Lipinski definition) is 2. The fourth-order valence-electron chi connectivity index (χ4n) is 2.51. The molecule has 0 aliphatic heterocycles. The van der Waals surface area contributed by atoms with Gasteiger partial charge in [0.2, 0.25) is 0 Å². The predicted molar refractivity (Wildman–Crippen MR) is 101 cm³/mol. The summed E-state index contributed by atoms with van der Waals surface area (Å²) in [6.45, 7) is 4.83. The molecule has 0 aliphatic rings. The van der Waals surface area contributed by atoms with Gasteiger partial charge in [0.1, 0.15) is 5.82 Å². The molecule has 0 fully saturated rings. The van der Waals surface area contributed by atoms with E-state index in [2.05, 4.69) is 25.7 Å². The van der Waals surface area contributed by atoms with Crippen molar-refractivity contribution in [1.29, 1.82) is 0 Å². The van der Waals surface area contributed by atoms with E-state index >= 15 is 0 Å². The van der Waals surface area contributed by atoms with Crippen LogP contribution in [-0.2, 0) is 0 Å². The van der Waals surface area contributed by atoms with Gasteiger partial charge in [0.15, 0.2) is 5.82 Å². The molecule has 3 aromatic rings. The van der Waals surface area contributed by atoms with E-state index in [0.717, 1.165) is 11.4 Å². The molecule has 0 saturated heterocycles. The van der Waals surface area contributed by atoms with Crippen LogP contribution in [0.2, 0.25) is 5.02 Å². The molecule has 0 spiro atoms. The minimum Gasteiger partial charge on any atom is -0.367 e. The second-order valence-electron chi connectivity index (χ2n) is 5.76. The maximum atomic E-state index is 12.1. The Morgan fingerprint density at radius 1 is 1.19 bits per heavy atom. The molecule has 8 heteroatoms. The molecular formula is C18H19ClN6O. The third-order valence-corrected chi connectivity index (χ3v) is 4.01. The molecule has 2 N–H and O–H groups in total. The van der Waals surface area contributed by atoms with Crippen LogP contribution < -0.4 is 10.6 Å². The highest BCUT2D eigenvalue weighted by Crippen LogP contribution is 2.14. The number of amides is 1. The highest BCUT2D eigenvalue weighted by molar-refractivity contribution is 6.33. The van der Waals surface area contributed by atoms with Crippen molar-refractivity contribution in [2.75, 3.05) is 18.4 Å². The van der Waals surface area contributed by atoms with Crippen molar-refractivity contribution in [3.8, 4) is 5.82 Å². The molecule has 2 heterocycles. The van der Waals surface area contributed by atoms with Crippen LogP contribution in [0, 0.1) is 13.8 Å². The monoisotopic (exact) mass is 370 g/mol. The van der Waals surface area contributed by atoms with Gasteiger partial charge in [-0.05, 0) is 32.0 Å². The zero-order valence-electron chi connectivity index (χ0n) is 14.5. The molecule has 0 saturated carbocycles. The van der Waals surface area contributed by atoms with E-state index in [9.17, 15) is 4.79 Å². The number of benzene rings is 1. The van der Waals surface area contributed by atoms with Crippen LogP contribution in [0.5, 0.6) is 0 Å². The van der Waals surface area contributed by atoms with Crippen molar-refractivity contribution >= 4 is 23.3 Å². The normalized spacial score (nSPS) is 10.6. The van der Waals surface area contributed by atoms with Crippen LogP contribution in [0.1, 0.15) is 21.7 Å². The van der Waals surface area contributed by atoms with Crippen LogP contribution in [0.4, 0.5) is 5.82 Å². The third-order valence-electron chi connectivity index (χ3n) is 3.68. The topological polar surface area (TPSA) is 84.7 Å². The first-order valence-corrected chi connectivity index (χ1v) is 8.54. The quantitative estimate of drug-likeness (QED) is 0.652. The van der Waals surface area contributed by atoms with Gasteiger partial charge in [0, 0.05) is 18.8 Å². The first-order chi connectivity index (χ1) is 12.5. The van der Waals surface area contributed by atoms with Crippen LogP contribution >= 0.6 is 11.6 Å². The van der Waals surface area contributed by atoms with E-state index in [1.165, 1.54) is 0 Å². The molecule has 1 aromatic carbocycles. The van der Waals surface area contributed by atoms with E-state index in [4.69, 9.17) is 11.6 Å². The van der Waals surface area contributed by atoms with Crippen molar-refractivity contribution in [3.05, 3.63) is 64.7 Å². The van der Waals surface area contributed by atoms with Crippen molar-refractivity contribution in [1.82, 2.24) is 25.1 Å². The van der Waals surface area contributed by atoms with Crippen molar-refractivity contribution in [2.45, 2.75) is 13.8 Å². The van der Waals surface area contributed by atoms with Gasteiger partial charge in [-0.15, -0.1) is 0 Å². The van der Waals surface area contributed by atoms with Gasteiger partial charge in [-0.2, -0.15) is 5.10 Å². The average Bonchev–Trinajstić information content (AvgIpc) is 2.97. The average molecular weight is 371 g/mol. The maximum absolute atomic E-state index is 12.1. The summed E-state index contributed by atoms with van der Waals surface area (Å²) in [5, 5.41) is 10.8. The number of halogens is 1. The Morgan fingerprint density at radius 3 is 2.73 bits per heavy atom. The van der Waals surface area contributed by atoms with Gasteiger partial charge < -0.3 is 10.6 Å². The molecule has 0 aliphatic carbocycles. The molecule has 2 aromatic heterocycles. The summed E-state index contributed by atoms with van der Waals surface area (Å²) in [7, 11) is 0. The zero-order valence-corrected chi connectivity index (χ0v) is 15.3. The van der Waals surface area contributed by atoms with E-state index in [-0.39, 0.29) is 5.91 Å². The largest absolute Gasteiger partial charge is 0.367 e. The highest BCUT2D eigenvalue weighted by atomic mass is 35.5. The SMILES string of the molecule is Cc1cc(C)n(-c2cncc(NCCNC(=O)c3ccccc3Cl)n2)n1. The second-order valence-corrected chi connectivity index (χ2v) is 6.17. The van der Waals surface area contributed by atoms with Crippen LogP contribution in [0.3, 0.4) is 0 Å². The van der Waals surface area contributed by atoms with E-state index < -0.39 is 0 Å². The summed E-state index contributed by atoms with van der Waals surface area (Å²) in [4.78, 5) is 20.8. The standard InChI is InChI=1S/C18H19ClN6O/c1-12-9-13(2)25(24-12)17-11-20-10-16(23-17)21-7-8-22-18(26)14-5-3-4-6-15(14)19/h3-6,9-11H,7-8H2,1-2H3,(H,21,23)(H,22,26). The summed E-state index contributed by atoms with van der Waals surface area (Å²) in [5.74, 6) is 1.04. The smallest absolute Gasteiger partial charge is 0.252 e. The van der Waals surface area contributed by atoms with Gasteiger partial charge in [0.25, 0.3) is 5.91 Å². The molecule has 3 rings (SSSR count). The van der Waals surface area contributed by atoms with E-state index in [0.29, 0.717) is 35.3 Å². The molecular weight excluding hydrogens is 352 g/mol. The summed E-state index contributed by atoms with van der Waals surface area (Å²) in [5.41, 5.74) is 2.37. The van der Waals surface area contributed by atoms with Gasteiger partial charge in [-0.1, -0.05) is 23.7 Å². The third kappa shape index (κ3) is 4.18. The van der Waals surface area contributed by atoms with E-state index in [1.807, 2.05) is 19.9 Å². The van der Waals surface area contributed by atoms with E-state index in [1.54, 1.807) is 41.3 Å². The number of nitrogens with one attached hydrogen (secondary N) is 2. The Labute approximate surface area is 156 Å². The molecule has 134 valence electrons. The molecule has 7 nitrogen and oxygen atoms in total. The van der Waals surface area contributed by atoms with Crippen molar-refractivity contribution in [3.63, 3.8) is 0 Å². The Kier molecular flexibility index (Phi) is 5.48. The fraction of sp³-hybridized carbons (Fsp3) is 0.222. The van der Waals surface area contributed by atoms with Gasteiger partial charge in [-0.25, -0.2) is 9.67 Å². The fourth-order valence-corrected chi connectivity index (χ4v) is 2.73. The number of anilines is 1. The minimum absolute atomic E-state index is 0.208. The Morgan fingerprint density at radius 2 is 2.00 bits per heavy atom. The minimum atomic E-state index is -0.208. The number of carbonyl (C=O) groups is 1. The summed E-state index contributed by atoms with van der Waals surface area (Å²) < 4.78 is 1.74. The van der Waals surface area contributed by atoms with Crippen LogP contribution in [-0.4, -0.2) is 38.7 Å². The van der Waals surface area contributed by atoms with Crippen LogP contribution in [0.25, 0.3) is 5.82 Å². The van der Waals surface area contributed by atoms with Crippen LogP contribution in [0.15, 0.2) is 42.7 Å². The first kappa shape index (κ1) is 17.9. The maximum Gasteiger partial charge on any atom is 0.252 e. The molecule has 0 radical (unpaired) electrons. The van der Waals surface area contributed by atoms with Crippen molar-refractivity contribution < 1.29 is 4.79 Å². The summed E-state index contributed by atoms with van der Waals surface area (Å²) in [6, 6.07) is 8.92. The predicted octanol–water partition coefficient (Wildman–Crippen LogP) is 2.77. The molecule has 26 heavy (non-hydrogen) atoms.